The zero-order valence-electron chi connectivity index (χ0n) is 50.9. The maximum absolute atomic E-state index is 14.0. The lowest BCUT2D eigenvalue weighted by Gasteiger charge is -2.22. The van der Waals surface area contributed by atoms with Gasteiger partial charge in [0.15, 0.2) is 0 Å². The highest BCUT2D eigenvalue weighted by Crippen LogP contribution is 2.35. The van der Waals surface area contributed by atoms with Crippen LogP contribution < -0.4 is 49.1 Å². The second-order valence-electron chi connectivity index (χ2n) is 23.1. The van der Waals surface area contributed by atoms with Crippen molar-refractivity contribution >= 4 is 97.6 Å². The Kier molecular flexibility index (Phi) is 23.5. The summed E-state index contributed by atoms with van der Waals surface area (Å²) >= 11 is 0. The Morgan fingerprint density at radius 2 is 0.652 bits per heavy atom. The molecule has 0 radical (unpaired) electrons. The van der Waals surface area contributed by atoms with Gasteiger partial charge in [-0.2, -0.15) is 0 Å². The van der Waals surface area contributed by atoms with Crippen molar-refractivity contribution in [2.75, 3.05) is 35.6 Å². The number of unbranched alkanes of at least 4 members (excludes halogenated alkanes) is 3. The summed E-state index contributed by atoms with van der Waals surface area (Å²) < 4.78 is 0. The second kappa shape index (κ2) is 31.7. The molecule has 3 atom stereocenters. The number of halogens is 1. The number of aromatic amines is 3. The number of carbonyl (C=O) groups excluding carboxylic acids is 6. The fraction of sp³-hybridized carbons (Fsp3) is 0.314. The average Bonchev–Trinajstić information content (AvgIpc) is 2.70. The van der Waals surface area contributed by atoms with E-state index >= 15 is 0 Å². The van der Waals surface area contributed by atoms with Crippen molar-refractivity contribution in [2.45, 2.75) is 122 Å². The Hall–Kier alpha value is -9.07. The fourth-order valence-corrected chi connectivity index (χ4v) is 11.4. The number of nitrogens with two attached hydrogens (primary N) is 3. The van der Waals surface area contributed by atoms with Gasteiger partial charge >= 0.3 is 0 Å². The highest BCUT2D eigenvalue weighted by atomic mass is 35.5. The number of hydrogen-bond acceptors (Lipinski definition) is 9. The molecule has 9 aromatic rings. The number of amides is 6. The van der Waals surface area contributed by atoms with Gasteiger partial charge in [-0.05, 0) is 203 Å². The molecule has 0 spiro atoms. The zero-order valence-corrected chi connectivity index (χ0v) is 51.7. The number of aryl methyl sites for hydroxylation is 3. The summed E-state index contributed by atoms with van der Waals surface area (Å²) in [7, 11) is 0. The van der Waals surface area contributed by atoms with E-state index in [1.165, 1.54) is 0 Å². The standard InChI is InChI=1S/C70H82N12O6.ClH/c1-43-13-28-55-49(40-74-61(55)34-43)37-64(83)80-58(10-4-7-31-71)68(86)77-52-22-16-46(17-23-52)67(47-18-24-53(25-19-47)78-69(87)59(11-5-8-32-72)81-65(84)38-50-41-75-62-35-44(2)14-29-56(50)62)48-20-26-54(27-21-48)79-70(88)60(12-6-9-33-73)82-66(85)39-51-42-76-63-36-45(3)15-30-57(51)63;/h13-30,34-36,40-42,58-60,67,74-76H,4-12,31-33,37-39,71-73H2,1-3H3,(H,77,86)(H,78,87)(H,79,88)(H,80,83)(H,81,84)(H,82,85);1H/t58-,59-,60-;/m1./s1. The van der Waals surface area contributed by atoms with Crippen molar-refractivity contribution in [2.24, 2.45) is 17.2 Å². The van der Waals surface area contributed by atoms with E-state index in [0.29, 0.717) is 94.5 Å². The van der Waals surface area contributed by atoms with Crippen molar-refractivity contribution < 1.29 is 28.8 Å². The normalized spacial score (nSPS) is 12.3. The molecule has 0 saturated heterocycles. The van der Waals surface area contributed by atoms with Gasteiger partial charge in [0.05, 0.1) is 19.3 Å². The smallest absolute Gasteiger partial charge is 0.246 e. The summed E-state index contributed by atoms with van der Waals surface area (Å²) in [6.07, 6.45) is 11.0. The van der Waals surface area contributed by atoms with Crippen LogP contribution in [0.25, 0.3) is 32.7 Å². The Labute approximate surface area is 525 Å². The van der Waals surface area contributed by atoms with Crippen LogP contribution in [0.3, 0.4) is 0 Å². The maximum atomic E-state index is 14.0. The summed E-state index contributed by atoms with van der Waals surface area (Å²) in [5.41, 5.74) is 30.4. The van der Waals surface area contributed by atoms with Gasteiger partial charge in [-0.3, -0.25) is 28.8 Å². The Morgan fingerprint density at radius 1 is 0.382 bits per heavy atom. The molecule has 15 N–H and O–H groups in total. The van der Waals surface area contributed by atoms with E-state index in [1.807, 2.05) is 167 Å². The molecule has 0 aliphatic rings. The summed E-state index contributed by atoms with van der Waals surface area (Å²) in [6, 6.07) is 38.2. The first kappa shape index (κ1) is 65.9. The summed E-state index contributed by atoms with van der Waals surface area (Å²) in [5.74, 6) is -2.25. The maximum Gasteiger partial charge on any atom is 0.246 e. The molecule has 3 aromatic heterocycles. The van der Waals surface area contributed by atoms with Crippen molar-refractivity contribution in [1.82, 2.24) is 30.9 Å². The van der Waals surface area contributed by atoms with Gasteiger partial charge < -0.3 is 64.1 Å². The van der Waals surface area contributed by atoms with Crippen molar-refractivity contribution in [1.29, 1.82) is 0 Å². The molecule has 89 heavy (non-hydrogen) atoms. The quantitative estimate of drug-likeness (QED) is 0.0150. The molecule has 18 nitrogen and oxygen atoms in total. The lowest BCUT2D eigenvalue weighted by Crippen LogP contribution is -2.44. The Bertz CT molecular complexity index is 3480. The number of benzene rings is 6. The van der Waals surface area contributed by atoms with Gasteiger partial charge in [-0.15, -0.1) is 12.4 Å². The molecular weight excluding hydrogens is 1140 g/mol. The molecule has 466 valence electrons. The lowest BCUT2D eigenvalue weighted by molar-refractivity contribution is -0.126. The number of aromatic nitrogens is 3. The first-order chi connectivity index (χ1) is 42.6. The number of anilines is 3. The minimum absolute atomic E-state index is 0. The van der Waals surface area contributed by atoms with Crippen molar-refractivity contribution in [3.8, 4) is 0 Å². The average molecular weight is 1220 g/mol. The molecule has 0 saturated carbocycles. The zero-order chi connectivity index (χ0) is 62.1. The predicted molar refractivity (Wildman–Crippen MR) is 358 cm³/mol. The van der Waals surface area contributed by atoms with Gasteiger partial charge in [0.1, 0.15) is 18.1 Å². The Balaban J connectivity index is 0.0000102. The van der Waals surface area contributed by atoms with Gasteiger partial charge in [0.2, 0.25) is 35.4 Å². The van der Waals surface area contributed by atoms with Crippen LogP contribution in [0.4, 0.5) is 17.1 Å². The molecule has 0 bridgehead atoms. The third-order valence-electron chi connectivity index (χ3n) is 16.2. The van der Waals surface area contributed by atoms with Crippen molar-refractivity contribution in [3.63, 3.8) is 0 Å². The summed E-state index contributed by atoms with van der Waals surface area (Å²) in [5, 5.41) is 20.9. The minimum atomic E-state index is -0.809. The fourth-order valence-electron chi connectivity index (χ4n) is 11.4. The van der Waals surface area contributed by atoms with Crippen molar-refractivity contribution in [3.05, 3.63) is 196 Å². The van der Waals surface area contributed by atoms with E-state index in [4.69, 9.17) is 17.2 Å². The minimum Gasteiger partial charge on any atom is -0.361 e. The molecular formula is C70H83ClN12O6. The van der Waals surface area contributed by atoms with E-state index in [-0.39, 0.29) is 73.0 Å². The van der Waals surface area contributed by atoms with Crippen LogP contribution in [0.2, 0.25) is 0 Å². The topological polar surface area (TPSA) is 300 Å². The molecule has 3 heterocycles. The van der Waals surface area contributed by atoms with Crippen LogP contribution in [0, 0.1) is 20.8 Å². The van der Waals surface area contributed by atoms with Gasteiger partial charge in [-0.1, -0.05) is 72.8 Å². The van der Waals surface area contributed by atoms with E-state index in [0.717, 1.165) is 82.8 Å². The van der Waals surface area contributed by atoms with Crippen LogP contribution in [-0.4, -0.2) is 88.2 Å². The second-order valence-corrected chi connectivity index (χ2v) is 23.1. The summed E-state index contributed by atoms with van der Waals surface area (Å²) in [4.78, 5) is 92.6. The molecule has 6 aromatic carbocycles. The molecule has 9 rings (SSSR count). The molecule has 0 fully saturated rings. The van der Waals surface area contributed by atoms with Crippen LogP contribution in [0.5, 0.6) is 0 Å². The van der Waals surface area contributed by atoms with E-state index in [1.54, 1.807) is 0 Å². The number of fused-ring (bicyclic) bond motifs is 3. The highest BCUT2D eigenvalue weighted by molar-refractivity contribution is 6.00. The first-order valence-corrected chi connectivity index (χ1v) is 30.6. The molecule has 19 heteroatoms. The van der Waals surface area contributed by atoms with Crippen LogP contribution in [0.15, 0.2) is 146 Å². The first-order valence-electron chi connectivity index (χ1n) is 30.6. The van der Waals surface area contributed by atoms with Crippen LogP contribution in [-0.2, 0) is 48.0 Å². The highest BCUT2D eigenvalue weighted by Gasteiger charge is 2.26. The van der Waals surface area contributed by atoms with Crippen LogP contribution in [0.1, 0.15) is 114 Å². The summed E-state index contributed by atoms with van der Waals surface area (Å²) in [6.45, 7) is 7.42. The van der Waals surface area contributed by atoms with Gasteiger partial charge in [-0.25, -0.2) is 0 Å². The Morgan fingerprint density at radius 3 is 0.910 bits per heavy atom. The largest absolute Gasteiger partial charge is 0.361 e. The number of carbonyl (C=O) groups is 6. The lowest BCUT2D eigenvalue weighted by atomic mass is 9.85. The third kappa shape index (κ3) is 17.8. The predicted octanol–water partition coefficient (Wildman–Crippen LogP) is 10.0. The molecule has 0 unspecified atom stereocenters. The number of hydrogen-bond donors (Lipinski definition) is 12. The van der Waals surface area contributed by atoms with Gasteiger partial charge in [0, 0.05) is 74.3 Å². The van der Waals surface area contributed by atoms with E-state index < -0.39 is 18.1 Å². The molecule has 6 amide bonds. The number of rotatable bonds is 30. The molecule has 0 aliphatic heterocycles. The SMILES string of the molecule is Cc1ccc2c(CC(=O)N[C@H](CCCCN)C(=O)Nc3ccc(C(c4ccc(NC(=O)[C@@H](CCCCN)NC(=O)Cc5c[nH]c6cc(C)ccc56)cc4)c4ccc(NC(=O)[C@@H](CCCCN)NC(=O)Cc5c[nH]c6cc(C)ccc56)cc4)cc3)c[nH]c2c1.Cl. The third-order valence-corrected chi connectivity index (χ3v) is 16.2. The van der Waals surface area contributed by atoms with E-state index in [2.05, 4.69) is 46.9 Å². The van der Waals surface area contributed by atoms with Crippen LogP contribution >= 0.6 is 12.4 Å². The molecule has 0 aliphatic carbocycles. The number of H-pyrrole nitrogens is 3. The van der Waals surface area contributed by atoms with Gasteiger partial charge in [0.25, 0.3) is 0 Å². The number of nitrogens with one attached hydrogen (secondary N) is 9. The van der Waals surface area contributed by atoms with E-state index in [9.17, 15) is 28.8 Å². The monoisotopic (exact) mass is 1220 g/mol.